The van der Waals surface area contributed by atoms with E-state index >= 15 is 0 Å². The van der Waals surface area contributed by atoms with Gasteiger partial charge < -0.3 is 20.1 Å². The fourth-order valence-electron chi connectivity index (χ4n) is 3.41. The SMILES string of the molecule is CC(C)(C)NC(=O)C1CCCN(CC(=O)Nc2ccc3c(c2)OCCO3)C1. The molecule has 1 unspecified atom stereocenters. The lowest BCUT2D eigenvalue weighted by atomic mass is 9.95. The first-order valence-corrected chi connectivity index (χ1v) is 9.54. The van der Waals surface area contributed by atoms with Gasteiger partial charge in [-0.15, -0.1) is 0 Å². The Hall–Kier alpha value is -2.28. The van der Waals surface area contributed by atoms with Crippen LogP contribution in [-0.4, -0.2) is 55.1 Å². The van der Waals surface area contributed by atoms with Crippen LogP contribution in [0.25, 0.3) is 0 Å². The van der Waals surface area contributed by atoms with Gasteiger partial charge in [0.05, 0.1) is 12.5 Å². The maximum atomic E-state index is 12.4. The summed E-state index contributed by atoms with van der Waals surface area (Å²) in [5.74, 6) is 1.25. The van der Waals surface area contributed by atoms with Crippen molar-refractivity contribution in [1.82, 2.24) is 10.2 Å². The van der Waals surface area contributed by atoms with Crippen molar-refractivity contribution in [3.05, 3.63) is 18.2 Å². The van der Waals surface area contributed by atoms with Crippen molar-refractivity contribution < 1.29 is 19.1 Å². The quantitative estimate of drug-likeness (QED) is 0.842. The van der Waals surface area contributed by atoms with E-state index in [4.69, 9.17) is 9.47 Å². The van der Waals surface area contributed by atoms with E-state index in [1.807, 2.05) is 25.7 Å². The molecule has 0 aromatic heterocycles. The zero-order chi connectivity index (χ0) is 19.4. The zero-order valence-electron chi connectivity index (χ0n) is 16.3. The van der Waals surface area contributed by atoms with Crippen molar-refractivity contribution in [2.45, 2.75) is 39.2 Å². The molecule has 3 rings (SSSR count). The number of anilines is 1. The number of nitrogens with zero attached hydrogens (tertiary/aromatic N) is 1. The highest BCUT2D eigenvalue weighted by molar-refractivity contribution is 5.92. The maximum absolute atomic E-state index is 12.4. The number of hydrogen-bond acceptors (Lipinski definition) is 5. The molecule has 1 saturated heterocycles. The fraction of sp³-hybridized carbons (Fsp3) is 0.600. The number of likely N-dealkylation sites (tertiary alicyclic amines) is 1. The second-order valence-electron chi connectivity index (χ2n) is 8.22. The molecule has 0 spiro atoms. The molecule has 0 saturated carbocycles. The highest BCUT2D eigenvalue weighted by Crippen LogP contribution is 2.32. The van der Waals surface area contributed by atoms with E-state index in [9.17, 15) is 9.59 Å². The molecule has 1 atom stereocenters. The minimum Gasteiger partial charge on any atom is -0.486 e. The second-order valence-corrected chi connectivity index (χ2v) is 8.22. The minimum atomic E-state index is -0.241. The fourth-order valence-corrected chi connectivity index (χ4v) is 3.41. The van der Waals surface area contributed by atoms with E-state index in [1.54, 1.807) is 18.2 Å². The maximum Gasteiger partial charge on any atom is 0.238 e. The molecular weight excluding hydrogens is 346 g/mol. The normalized spacial score (nSPS) is 20.0. The summed E-state index contributed by atoms with van der Waals surface area (Å²) in [5.41, 5.74) is 0.442. The Labute approximate surface area is 160 Å². The monoisotopic (exact) mass is 375 g/mol. The number of piperidine rings is 1. The Morgan fingerprint density at radius 3 is 2.67 bits per heavy atom. The summed E-state index contributed by atoms with van der Waals surface area (Å²) in [6.07, 6.45) is 1.78. The summed E-state index contributed by atoms with van der Waals surface area (Å²) >= 11 is 0. The summed E-state index contributed by atoms with van der Waals surface area (Å²) < 4.78 is 11.0. The third-order valence-corrected chi connectivity index (χ3v) is 4.57. The number of ether oxygens (including phenoxy) is 2. The molecule has 2 heterocycles. The number of amides is 2. The Morgan fingerprint density at radius 2 is 1.93 bits per heavy atom. The number of carbonyl (C=O) groups is 2. The molecule has 1 fully saturated rings. The molecule has 0 radical (unpaired) electrons. The average Bonchev–Trinajstić information content (AvgIpc) is 2.60. The van der Waals surface area contributed by atoms with Gasteiger partial charge in [-0.25, -0.2) is 0 Å². The molecule has 7 heteroatoms. The molecule has 2 aliphatic heterocycles. The first-order valence-electron chi connectivity index (χ1n) is 9.54. The van der Waals surface area contributed by atoms with Crippen LogP contribution >= 0.6 is 0 Å². The lowest BCUT2D eigenvalue weighted by molar-refractivity contribution is -0.129. The summed E-state index contributed by atoms with van der Waals surface area (Å²) in [7, 11) is 0. The number of benzene rings is 1. The lowest BCUT2D eigenvalue weighted by Crippen LogP contribution is -2.49. The molecule has 27 heavy (non-hydrogen) atoms. The Balaban J connectivity index is 1.52. The van der Waals surface area contributed by atoms with Crippen molar-refractivity contribution >= 4 is 17.5 Å². The van der Waals surface area contributed by atoms with E-state index in [2.05, 4.69) is 10.6 Å². The lowest BCUT2D eigenvalue weighted by Gasteiger charge is -2.33. The zero-order valence-corrected chi connectivity index (χ0v) is 16.3. The van der Waals surface area contributed by atoms with Crippen LogP contribution in [0.1, 0.15) is 33.6 Å². The molecular formula is C20H29N3O4. The van der Waals surface area contributed by atoms with Gasteiger partial charge in [0.25, 0.3) is 0 Å². The molecule has 2 N–H and O–H groups in total. The number of nitrogens with one attached hydrogen (secondary N) is 2. The van der Waals surface area contributed by atoms with Gasteiger partial charge in [-0.3, -0.25) is 14.5 Å². The van der Waals surface area contributed by atoms with Crippen LogP contribution in [0, 0.1) is 5.92 Å². The van der Waals surface area contributed by atoms with Gasteiger partial charge >= 0.3 is 0 Å². The third kappa shape index (κ3) is 5.60. The van der Waals surface area contributed by atoms with Gasteiger partial charge in [0.2, 0.25) is 11.8 Å². The Morgan fingerprint density at radius 1 is 1.19 bits per heavy atom. The van der Waals surface area contributed by atoms with Crippen LogP contribution in [0.15, 0.2) is 18.2 Å². The van der Waals surface area contributed by atoms with Crippen molar-refractivity contribution in [3.8, 4) is 11.5 Å². The average molecular weight is 375 g/mol. The Kier molecular flexibility index (Phi) is 5.89. The van der Waals surface area contributed by atoms with Gasteiger partial charge in [-0.05, 0) is 52.3 Å². The van der Waals surface area contributed by atoms with Crippen molar-refractivity contribution in [1.29, 1.82) is 0 Å². The highest BCUT2D eigenvalue weighted by Gasteiger charge is 2.28. The standard InChI is InChI=1S/C20H29N3O4/c1-20(2,3)22-19(25)14-5-4-8-23(12-14)13-18(24)21-15-6-7-16-17(11-15)27-10-9-26-16/h6-7,11,14H,4-5,8-10,12-13H2,1-3H3,(H,21,24)(H,22,25). The topological polar surface area (TPSA) is 79.9 Å². The molecule has 2 amide bonds. The van der Waals surface area contributed by atoms with Crippen molar-refractivity contribution in [2.75, 3.05) is 38.2 Å². The van der Waals surface area contributed by atoms with Crippen LogP contribution in [-0.2, 0) is 9.59 Å². The summed E-state index contributed by atoms with van der Waals surface area (Å²) in [5, 5.41) is 5.94. The van der Waals surface area contributed by atoms with Crippen molar-refractivity contribution in [2.24, 2.45) is 5.92 Å². The van der Waals surface area contributed by atoms with Gasteiger partial charge in [-0.2, -0.15) is 0 Å². The first-order chi connectivity index (χ1) is 12.8. The Bertz CT molecular complexity index is 699. The van der Waals surface area contributed by atoms with Gasteiger partial charge in [0.1, 0.15) is 13.2 Å². The van der Waals surface area contributed by atoms with E-state index in [0.717, 1.165) is 19.4 Å². The highest BCUT2D eigenvalue weighted by atomic mass is 16.6. The van der Waals surface area contributed by atoms with Crippen LogP contribution in [0.3, 0.4) is 0 Å². The van der Waals surface area contributed by atoms with Gasteiger partial charge in [0, 0.05) is 23.8 Å². The smallest absolute Gasteiger partial charge is 0.238 e. The minimum absolute atomic E-state index is 0.0689. The van der Waals surface area contributed by atoms with E-state index in [1.165, 1.54) is 0 Å². The predicted molar refractivity (Wildman–Crippen MR) is 103 cm³/mol. The van der Waals surface area contributed by atoms with Crippen LogP contribution in [0.2, 0.25) is 0 Å². The first kappa shape index (κ1) is 19.5. The third-order valence-electron chi connectivity index (χ3n) is 4.57. The summed E-state index contributed by atoms with van der Waals surface area (Å²) in [6.45, 7) is 8.69. The molecule has 0 aliphatic carbocycles. The van der Waals surface area contributed by atoms with Gasteiger partial charge in [-0.1, -0.05) is 0 Å². The van der Waals surface area contributed by atoms with Crippen LogP contribution in [0.5, 0.6) is 11.5 Å². The van der Waals surface area contributed by atoms with Gasteiger partial charge in [0.15, 0.2) is 11.5 Å². The van der Waals surface area contributed by atoms with E-state index in [-0.39, 0.29) is 29.8 Å². The summed E-state index contributed by atoms with van der Waals surface area (Å²) in [6, 6.07) is 5.39. The number of carbonyl (C=O) groups excluding carboxylic acids is 2. The van der Waals surface area contributed by atoms with Crippen LogP contribution < -0.4 is 20.1 Å². The molecule has 1 aromatic rings. The number of hydrogen-bond donors (Lipinski definition) is 2. The molecule has 0 bridgehead atoms. The van der Waals surface area contributed by atoms with E-state index in [0.29, 0.717) is 36.9 Å². The number of rotatable bonds is 4. The number of fused-ring (bicyclic) bond motifs is 1. The van der Waals surface area contributed by atoms with Crippen molar-refractivity contribution in [3.63, 3.8) is 0 Å². The molecule has 148 valence electrons. The second kappa shape index (κ2) is 8.17. The van der Waals surface area contributed by atoms with E-state index < -0.39 is 0 Å². The molecule has 1 aromatic carbocycles. The predicted octanol–water partition coefficient (Wildman–Crippen LogP) is 2.02. The largest absolute Gasteiger partial charge is 0.486 e. The molecule has 2 aliphatic rings. The molecule has 7 nitrogen and oxygen atoms in total. The van der Waals surface area contributed by atoms with Crippen LogP contribution in [0.4, 0.5) is 5.69 Å². The summed E-state index contributed by atoms with van der Waals surface area (Å²) in [4.78, 5) is 26.9.